The molecule has 2 aromatic rings. The molecular weight excluding hydrogens is 522 g/mol. The molecule has 3 aliphatic heterocycles. The number of halogens is 2. The molecule has 5 aliphatic rings. The zero-order chi connectivity index (χ0) is 28.3. The highest BCUT2D eigenvalue weighted by Gasteiger charge is 2.58. The number of carboxylic acids is 1. The summed E-state index contributed by atoms with van der Waals surface area (Å²) in [7, 11) is 0. The number of fused-ring (bicyclic) bond motifs is 2. The maximum atomic E-state index is 14.3. The lowest BCUT2D eigenvalue weighted by molar-refractivity contribution is -0.150. The van der Waals surface area contributed by atoms with Crippen LogP contribution in [-0.4, -0.2) is 69.9 Å². The Bertz CT molecular complexity index is 1270. The van der Waals surface area contributed by atoms with Gasteiger partial charge in [0, 0.05) is 50.4 Å². The van der Waals surface area contributed by atoms with Crippen molar-refractivity contribution in [3.63, 3.8) is 0 Å². The summed E-state index contributed by atoms with van der Waals surface area (Å²) in [5.74, 6) is 0.179. The fraction of sp³-hybridized carbons (Fsp3) is 0.697. The Balaban J connectivity index is 1.06. The minimum Gasteiger partial charge on any atom is -0.481 e. The van der Waals surface area contributed by atoms with Crippen molar-refractivity contribution >= 4 is 5.97 Å². The lowest BCUT2D eigenvalue weighted by atomic mass is 9.82. The first-order chi connectivity index (χ1) is 19.8. The van der Waals surface area contributed by atoms with Gasteiger partial charge in [-0.15, -0.1) is 0 Å². The number of rotatable bonds is 8. The minimum absolute atomic E-state index is 0.00547. The topological polar surface area (TPSA) is 61.6 Å². The molecule has 0 amide bonds. The summed E-state index contributed by atoms with van der Waals surface area (Å²) >= 11 is 0. The Morgan fingerprint density at radius 1 is 1.02 bits per heavy atom. The first kappa shape index (κ1) is 27.5. The van der Waals surface area contributed by atoms with Crippen LogP contribution >= 0.6 is 0 Å². The maximum absolute atomic E-state index is 14.3. The van der Waals surface area contributed by atoms with Crippen molar-refractivity contribution in [2.75, 3.05) is 39.3 Å². The Hall–Kier alpha value is -2.32. The van der Waals surface area contributed by atoms with E-state index in [1.54, 1.807) is 0 Å². The first-order valence-corrected chi connectivity index (χ1v) is 16.0. The van der Waals surface area contributed by atoms with Gasteiger partial charge in [0.25, 0.3) is 0 Å². The van der Waals surface area contributed by atoms with Crippen molar-refractivity contribution in [1.82, 2.24) is 19.6 Å². The highest BCUT2D eigenvalue weighted by molar-refractivity contribution is 5.76. The number of aryl methyl sites for hydroxylation is 2. The van der Waals surface area contributed by atoms with E-state index in [4.69, 9.17) is 5.10 Å². The van der Waals surface area contributed by atoms with Gasteiger partial charge in [-0.2, -0.15) is 5.10 Å². The van der Waals surface area contributed by atoms with Gasteiger partial charge in [0.1, 0.15) is 11.6 Å². The van der Waals surface area contributed by atoms with E-state index in [0.717, 1.165) is 77.3 Å². The molecule has 2 saturated carbocycles. The van der Waals surface area contributed by atoms with Crippen LogP contribution in [0.25, 0.3) is 0 Å². The molecule has 222 valence electrons. The second kappa shape index (κ2) is 10.7. The molecule has 2 aliphatic carbocycles. The normalized spacial score (nSPS) is 29.9. The molecule has 8 heteroatoms. The molecule has 0 unspecified atom stereocenters. The van der Waals surface area contributed by atoms with E-state index in [0.29, 0.717) is 36.4 Å². The van der Waals surface area contributed by atoms with Gasteiger partial charge in [0.05, 0.1) is 11.1 Å². The van der Waals surface area contributed by atoms with E-state index < -0.39 is 23.0 Å². The van der Waals surface area contributed by atoms with Gasteiger partial charge >= 0.3 is 5.97 Å². The van der Waals surface area contributed by atoms with Crippen molar-refractivity contribution in [3.05, 3.63) is 52.3 Å². The zero-order valence-corrected chi connectivity index (χ0v) is 24.3. The highest BCUT2D eigenvalue weighted by atomic mass is 19.1. The van der Waals surface area contributed by atoms with Crippen molar-refractivity contribution in [3.8, 4) is 0 Å². The van der Waals surface area contributed by atoms with E-state index in [1.807, 2.05) is 0 Å². The molecule has 4 heterocycles. The molecule has 6 nitrogen and oxygen atoms in total. The third-order valence-corrected chi connectivity index (χ3v) is 11.2. The van der Waals surface area contributed by atoms with Gasteiger partial charge in [-0.1, -0.05) is 6.92 Å². The Morgan fingerprint density at radius 2 is 1.76 bits per heavy atom. The van der Waals surface area contributed by atoms with Gasteiger partial charge in [0.2, 0.25) is 0 Å². The Kier molecular flexibility index (Phi) is 7.21. The summed E-state index contributed by atoms with van der Waals surface area (Å²) in [4.78, 5) is 17.3. The van der Waals surface area contributed by atoms with Gasteiger partial charge in [-0.05, 0) is 118 Å². The standard InChI is InChI=1S/C33H44F2N4O2/c1-2-29-31(30-5-3-4-8-39(30)36-29)21-6-9-37(10-7-21)17-25-18-38(19-28(25)22-12-26(34)14-27(35)13-22)20-33(32(40)41)15-23-11-24(23)16-33/h12-14,21,23-25,28H,2-11,15-20H2,1H3,(H,40,41)/t23-,24-,25+,28-/m1/s1. The summed E-state index contributed by atoms with van der Waals surface area (Å²) in [6.07, 6.45) is 9.58. The van der Waals surface area contributed by atoms with Crippen LogP contribution < -0.4 is 0 Å². The number of piperidine rings is 1. The molecule has 1 aromatic carbocycles. The smallest absolute Gasteiger partial charge is 0.310 e. The van der Waals surface area contributed by atoms with E-state index in [1.165, 1.54) is 48.3 Å². The van der Waals surface area contributed by atoms with Gasteiger partial charge in [-0.3, -0.25) is 9.48 Å². The van der Waals surface area contributed by atoms with Gasteiger partial charge in [-0.25, -0.2) is 8.78 Å². The summed E-state index contributed by atoms with van der Waals surface area (Å²) in [6, 6.07) is 3.92. The summed E-state index contributed by atoms with van der Waals surface area (Å²) in [5, 5.41) is 15.2. The molecule has 4 atom stereocenters. The third kappa shape index (κ3) is 5.24. The first-order valence-electron chi connectivity index (χ1n) is 16.0. The molecule has 2 saturated heterocycles. The van der Waals surface area contributed by atoms with E-state index in [9.17, 15) is 18.7 Å². The molecule has 1 aromatic heterocycles. The number of carboxylic acid groups (broad SMARTS) is 1. The molecule has 0 spiro atoms. The van der Waals surface area contributed by atoms with Crippen LogP contribution in [0, 0.1) is 34.8 Å². The van der Waals surface area contributed by atoms with Gasteiger partial charge < -0.3 is 14.9 Å². The molecule has 1 N–H and O–H groups in total. The largest absolute Gasteiger partial charge is 0.481 e. The third-order valence-electron chi connectivity index (χ3n) is 11.2. The number of nitrogens with zero attached hydrogens (tertiary/aromatic N) is 4. The van der Waals surface area contributed by atoms with Crippen LogP contribution in [-0.2, 0) is 24.2 Å². The minimum atomic E-state index is -0.669. The second-order valence-corrected chi connectivity index (χ2v) is 13.9. The second-order valence-electron chi connectivity index (χ2n) is 13.9. The number of hydrogen-bond acceptors (Lipinski definition) is 4. The molecule has 0 bridgehead atoms. The predicted molar refractivity (Wildman–Crippen MR) is 153 cm³/mol. The molecule has 0 radical (unpaired) electrons. The lowest BCUT2D eigenvalue weighted by Crippen LogP contribution is -2.42. The fourth-order valence-corrected chi connectivity index (χ4v) is 9.17. The van der Waals surface area contributed by atoms with Gasteiger partial charge in [0.15, 0.2) is 0 Å². The molecule has 41 heavy (non-hydrogen) atoms. The molecular formula is C33H44F2N4O2. The predicted octanol–water partition coefficient (Wildman–Crippen LogP) is 5.46. The fourth-order valence-electron chi connectivity index (χ4n) is 9.17. The van der Waals surface area contributed by atoms with Crippen molar-refractivity contribution < 1.29 is 18.7 Å². The van der Waals surface area contributed by atoms with Crippen LogP contribution in [0.4, 0.5) is 8.78 Å². The number of likely N-dealkylation sites (tertiary alicyclic amines) is 2. The van der Waals surface area contributed by atoms with E-state index in [2.05, 4.69) is 21.4 Å². The van der Waals surface area contributed by atoms with E-state index >= 15 is 0 Å². The quantitative estimate of drug-likeness (QED) is 0.460. The summed E-state index contributed by atoms with van der Waals surface area (Å²) in [6.45, 7) is 8.17. The van der Waals surface area contributed by atoms with Crippen LogP contribution in [0.2, 0.25) is 0 Å². The van der Waals surface area contributed by atoms with Crippen LogP contribution in [0.5, 0.6) is 0 Å². The van der Waals surface area contributed by atoms with E-state index in [-0.39, 0.29) is 11.8 Å². The number of carbonyl (C=O) groups is 1. The zero-order valence-electron chi connectivity index (χ0n) is 24.3. The number of benzene rings is 1. The van der Waals surface area contributed by atoms with Crippen LogP contribution in [0.15, 0.2) is 18.2 Å². The lowest BCUT2D eigenvalue weighted by Gasteiger charge is -2.35. The number of hydrogen-bond donors (Lipinski definition) is 1. The number of aliphatic carboxylic acids is 1. The average Bonchev–Trinajstić information content (AvgIpc) is 3.26. The van der Waals surface area contributed by atoms with Crippen LogP contribution in [0.3, 0.4) is 0 Å². The summed E-state index contributed by atoms with van der Waals surface area (Å²) in [5.41, 5.74) is 4.34. The van der Waals surface area contributed by atoms with Crippen molar-refractivity contribution in [1.29, 1.82) is 0 Å². The summed E-state index contributed by atoms with van der Waals surface area (Å²) < 4.78 is 30.9. The monoisotopic (exact) mass is 566 g/mol. The Labute approximate surface area is 242 Å². The SMILES string of the molecule is CCc1nn2c(c1C1CCN(C[C@H]3CN(CC4(C(=O)O)C[C@H]5C[C@@H]5C4)C[C@@H]3c3cc(F)cc(F)c3)CC1)CCCC2. The average molecular weight is 567 g/mol. The highest BCUT2D eigenvalue weighted by Crippen LogP contribution is 2.60. The van der Waals surface area contributed by atoms with Crippen LogP contribution in [0.1, 0.15) is 86.2 Å². The van der Waals surface area contributed by atoms with Crippen molar-refractivity contribution in [2.45, 2.75) is 83.1 Å². The molecule has 7 rings (SSSR count). The Morgan fingerprint density at radius 3 is 2.44 bits per heavy atom. The number of aromatic nitrogens is 2. The molecule has 4 fully saturated rings. The maximum Gasteiger partial charge on any atom is 0.310 e. The van der Waals surface area contributed by atoms with Crippen molar-refractivity contribution in [2.24, 2.45) is 23.2 Å².